The third kappa shape index (κ3) is 5.81. The van der Waals surface area contributed by atoms with E-state index in [2.05, 4.69) is 6.58 Å². The van der Waals surface area contributed by atoms with Gasteiger partial charge < -0.3 is 23.7 Å². The van der Waals surface area contributed by atoms with Gasteiger partial charge in [0.15, 0.2) is 12.2 Å². The van der Waals surface area contributed by atoms with Gasteiger partial charge in [-0.1, -0.05) is 27.4 Å². The first-order valence-electron chi connectivity index (χ1n) is 13.7. The van der Waals surface area contributed by atoms with Crippen molar-refractivity contribution < 1.29 is 47.7 Å². The lowest BCUT2D eigenvalue weighted by molar-refractivity contribution is -0.196. The normalized spacial score (nSPS) is 34.8. The van der Waals surface area contributed by atoms with Crippen LogP contribution >= 0.6 is 0 Å². The fraction of sp³-hybridized carbons (Fsp3) is 0.700. The van der Waals surface area contributed by atoms with E-state index < -0.39 is 83.0 Å². The van der Waals surface area contributed by atoms with E-state index in [4.69, 9.17) is 23.7 Å². The standard InChI is InChI=1S/C30H42O10/c1-14-21-13-22-26(38-18(5)33)25(37-17(4)32)15(2)24(29(22,8)9)27(39-19(6)34)28(40-20(7)35)30(21,10)12-11-23(14)36-16(3)31/h21-23,25-28H,1,11-13H2,2-10H3/t21-,22-,23+,25-,26-,27-,28+,30-/m1/s1. The molecule has 2 bridgehead atoms. The molecule has 3 rings (SSSR count). The summed E-state index contributed by atoms with van der Waals surface area (Å²) in [5, 5.41) is 0. The Kier molecular flexibility index (Phi) is 8.91. The predicted octanol–water partition coefficient (Wildman–Crippen LogP) is 3.99. The quantitative estimate of drug-likeness (QED) is 0.275. The molecule has 2 fully saturated rings. The number of hydrogen-bond acceptors (Lipinski definition) is 10. The number of esters is 5. The van der Waals surface area contributed by atoms with E-state index >= 15 is 0 Å². The smallest absolute Gasteiger partial charge is 0.303 e. The Morgan fingerprint density at radius 1 is 0.750 bits per heavy atom. The van der Waals surface area contributed by atoms with Gasteiger partial charge in [0.25, 0.3) is 0 Å². The molecule has 0 unspecified atom stereocenters. The fourth-order valence-corrected chi connectivity index (χ4v) is 7.39. The maximum absolute atomic E-state index is 12.6. The van der Waals surface area contributed by atoms with Crippen LogP contribution in [0.15, 0.2) is 23.3 Å². The van der Waals surface area contributed by atoms with Crippen LogP contribution < -0.4 is 0 Å². The molecule has 3 aliphatic carbocycles. The van der Waals surface area contributed by atoms with Crippen molar-refractivity contribution in [3.8, 4) is 0 Å². The van der Waals surface area contributed by atoms with Gasteiger partial charge in [-0.2, -0.15) is 0 Å². The Balaban J connectivity index is 2.38. The predicted molar refractivity (Wildman–Crippen MR) is 142 cm³/mol. The average molecular weight is 563 g/mol. The maximum atomic E-state index is 12.6. The van der Waals surface area contributed by atoms with Gasteiger partial charge >= 0.3 is 29.8 Å². The van der Waals surface area contributed by atoms with Crippen LogP contribution in [0.1, 0.15) is 81.6 Å². The van der Waals surface area contributed by atoms with E-state index in [-0.39, 0.29) is 0 Å². The molecule has 10 nitrogen and oxygen atoms in total. The topological polar surface area (TPSA) is 132 Å². The summed E-state index contributed by atoms with van der Waals surface area (Å²) in [5.41, 5.74) is 0.282. The third-order valence-corrected chi connectivity index (χ3v) is 8.96. The Morgan fingerprint density at radius 2 is 1.25 bits per heavy atom. The molecule has 40 heavy (non-hydrogen) atoms. The number of fused-ring (bicyclic) bond motifs is 3. The summed E-state index contributed by atoms with van der Waals surface area (Å²) in [5.74, 6) is -3.52. The van der Waals surface area contributed by atoms with E-state index in [0.717, 1.165) is 0 Å². The lowest BCUT2D eigenvalue weighted by Gasteiger charge is -2.59. The molecule has 2 saturated carbocycles. The summed E-state index contributed by atoms with van der Waals surface area (Å²) < 4.78 is 29.3. The number of rotatable bonds is 5. The van der Waals surface area contributed by atoms with Gasteiger partial charge in [-0.05, 0) is 54.2 Å². The van der Waals surface area contributed by atoms with Crippen molar-refractivity contribution in [2.24, 2.45) is 22.7 Å². The minimum absolute atomic E-state index is 0.386. The molecule has 0 spiro atoms. The fourth-order valence-electron chi connectivity index (χ4n) is 7.39. The zero-order valence-corrected chi connectivity index (χ0v) is 25.0. The van der Waals surface area contributed by atoms with Crippen LogP contribution in [0.5, 0.6) is 0 Å². The van der Waals surface area contributed by atoms with Crippen LogP contribution in [-0.4, -0.2) is 60.4 Å². The van der Waals surface area contributed by atoms with Crippen molar-refractivity contribution >= 4 is 29.8 Å². The molecule has 3 aliphatic rings. The highest BCUT2D eigenvalue weighted by molar-refractivity contribution is 5.70. The van der Waals surface area contributed by atoms with Crippen LogP contribution in [0.3, 0.4) is 0 Å². The van der Waals surface area contributed by atoms with E-state index in [1.54, 1.807) is 6.92 Å². The largest absolute Gasteiger partial charge is 0.458 e. The molecule has 10 heteroatoms. The van der Waals surface area contributed by atoms with Crippen molar-refractivity contribution in [3.05, 3.63) is 23.3 Å². The second-order valence-electron chi connectivity index (χ2n) is 12.1. The monoisotopic (exact) mass is 562 g/mol. The molecule has 0 aromatic rings. The Bertz CT molecular complexity index is 1130. The number of carbonyl (C=O) groups excluding carboxylic acids is 5. The SMILES string of the molecule is C=C1[C@@H](OC(C)=O)CC[C@]2(C)[C@@H]1C[C@@H]1[C@@H](OC(C)=O)[C@H](OC(C)=O)C(C)=C([C@@H](OC(C)=O)[C@@H]2OC(C)=O)C1(C)C. The van der Waals surface area contributed by atoms with Crippen molar-refractivity contribution in [1.29, 1.82) is 0 Å². The number of ether oxygens (including phenoxy) is 5. The van der Waals surface area contributed by atoms with E-state index in [1.165, 1.54) is 34.6 Å². The van der Waals surface area contributed by atoms with Gasteiger partial charge in [-0.25, -0.2) is 0 Å². The molecule has 0 aromatic carbocycles. The Morgan fingerprint density at radius 3 is 1.75 bits per heavy atom. The van der Waals surface area contributed by atoms with Crippen LogP contribution in [-0.2, 0) is 47.7 Å². The van der Waals surface area contributed by atoms with Gasteiger partial charge in [-0.15, -0.1) is 0 Å². The number of carbonyl (C=O) groups is 5. The van der Waals surface area contributed by atoms with Crippen LogP contribution in [0.2, 0.25) is 0 Å². The molecule has 8 atom stereocenters. The highest BCUT2D eigenvalue weighted by atomic mass is 16.6. The van der Waals surface area contributed by atoms with Crippen LogP contribution in [0.4, 0.5) is 0 Å². The maximum Gasteiger partial charge on any atom is 0.303 e. The van der Waals surface area contributed by atoms with Gasteiger partial charge in [0.1, 0.15) is 18.3 Å². The van der Waals surface area contributed by atoms with Crippen molar-refractivity contribution in [3.63, 3.8) is 0 Å². The summed E-state index contributed by atoms with van der Waals surface area (Å²) in [6, 6.07) is 0. The van der Waals surface area contributed by atoms with Crippen LogP contribution in [0, 0.1) is 22.7 Å². The second-order valence-corrected chi connectivity index (χ2v) is 12.1. The van der Waals surface area contributed by atoms with E-state index in [9.17, 15) is 24.0 Å². The molecule has 0 aromatic heterocycles. The first-order valence-corrected chi connectivity index (χ1v) is 13.7. The molecule has 0 heterocycles. The van der Waals surface area contributed by atoms with Gasteiger partial charge in [0.2, 0.25) is 0 Å². The van der Waals surface area contributed by atoms with E-state index in [1.807, 2.05) is 20.8 Å². The van der Waals surface area contributed by atoms with Crippen LogP contribution in [0.25, 0.3) is 0 Å². The Hall–Kier alpha value is -3.17. The zero-order valence-electron chi connectivity index (χ0n) is 25.0. The van der Waals surface area contributed by atoms with Gasteiger partial charge in [-0.3, -0.25) is 24.0 Å². The van der Waals surface area contributed by atoms with Gasteiger partial charge in [0, 0.05) is 46.0 Å². The molecule has 0 N–H and O–H groups in total. The molecule has 0 amide bonds. The van der Waals surface area contributed by atoms with Crippen molar-refractivity contribution in [2.75, 3.05) is 0 Å². The minimum atomic E-state index is -1.03. The Labute approximate surface area is 235 Å². The zero-order chi connectivity index (χ0) is 30.3. The van der Waals surface area contributed by atoms with E-state index in [0.29, 0.717) is 36.0 Å². The van der Waals surface area contributed by atoms with Crippen molar-refractivity contribution in [2.45, 2.75) is 112 Å². The van der Waals surface area contributed by atoms with Gasteiger partial charge in [0.05, 0.1) is 0 Å². The third-order valence-electron chi connectivity index (χ3n) is 8.96. The summed E-state index contributed by atoms with van der Waals surface area (Å²) in [6.45, 7) is 18.5. The second kappa shape index (κ2) is 11.4. The first-order chi connectivity index (χ1) is 18.4. The summed E-state index contributed by atoms with van der Waals surface area (Å²) in [6.07, 6.45) is -3.05. The number of hydrogen-bond donors (Lipinski definition) is 0. The molecule has 0 aliphatic heterocycles. The lowest BCUT2D eigenvalue weighted by Crippen LogP contribution is -2.62. The summed E-state index contributed by atoms with van der Waals surface area (Å²) >= 11 is 0. The molecule has 0 radical (unpaired) electrons. The first kappa shape index (κ1) is 31.4. The highest BCUT2D eigenvalue weighted by Gasteiger charge is 2.63. The lowest BCUT2D eigenvalue weighted by atomic mass is 9.50. The highest BCUT2D eigenvalue weighted by Crippen LogP contribution is 2.61. The van der Waals surface area contributed by atoms with Crippen molar-refractivity contribution in [1.82, 2.24) is 0 Å². The summed E-state index contributed by atoms with van der Waals surface area (Å²) in [4.78, 5) is 61.7. The summed E-state index contributed by atoms with van der Waals surface area (Å²) in [7, 11) is 0. The molecule has 222 valence electrons. The molecular formula is C30H42O10. The minimum Gasteiger partial charge on any atom is -0.458 e. The molecular weight excluding hydrogens is 520 g/mol. The molecule has 0 saturated heterocycles. The average Bonchev–Trinajstić information content (AvgIpc) is 2.79.